The summed E-state index contributed by atoms with van der Waals surface area (Å²) in [7, 11) is 3.68. The minimum absolute atomic E-state index is 0.000868. The van der Waals surface area contributed by atoms with Gasteiger partial charge in [0.05, 0.1) is 12.2 Å². The van der Waals surface area contributed by atoms with Crippen LogP contribution in [-0.4, -0.2) is 47.3 Å². The predicted molar refractivity (Wildman–Crippen MR) is 120 cm³/mol. The summed E-state index contributed by atoms with van der Waals surface area (Å²) in [6.45, 7) is 7.19. The van der Waals surface area contributed by atoms with Gasteiger partial charge >= 0.3 is 0 Å². The normalized spacial score (nSPS) is 49.0. The Bertz CT molecular complexity index is 650. The average molecular weight is 420 g/mol. The average Bonchev–Trinajstić information content (AvgIpc) is 3.06. The maximum Gasteiger partial charge on any atom is 0.222 e. The van der Waals surface area contributed by atoms with E-state index in [2.05, 4.69) is 20.8 Å². The van der Waals surface area contributed by atoms with Crippen LogP contribution in [0.4, 0.5) is 0 Å². The van der Waals surface area contributed by atoms with Gasteiger partial charge in [-0.3, -0.25) is 4.79 Å². The largest absolute Gasteiger partial charge is 0.393 e. The quantitative estimate of drug-likeness (QED) is 0.706. The van der Waals surface area contributed by atoms with Crippen molar-refractivity contribution in [3.8, 4) is 0 Å². The molecule has 0 bridgehead atoms. The van der Waals surface area contributed by atoms with Crippen LogP contribution in [0.3, 0.4) is 0 Å². The SMILES string of the molecule is C[C@H](CCC(=O)N(C)C)[C@H]1CC[C@H]2[C@@H]3CC[C@@H]4C[C@H](O)CC[C@]4(C)[C@H]3C[C@H](O)[C@]12C. The number of nitrogens with zero attached hydrogens (tertiary/aromatic N) is 1. The number of hydrogen-bond donors (Lipinski definition) is 2. The fourth-order valence-corrected chi connectivity index (χ4v) is 8.94. The lowest BCUT2D eigenvalue weighted by Crippen LogP contribution is -2.58. The summed E-state index contributed by atoms with van der Waals surface area (Å²) in [5.74, 6) is 3.81. The number of carbonyl (C=O) groups is 1. The van der Waals surface area contributed by atoms with Crippen LogP contribution in [0.1, 0.15) is 85.0 Å². The molecule has 0 saturated heterocycles. The van der Waals surface area contributed by atoms with E-state index in [1.807, 2.05) is 14.1 Å². The van der Waals surface area contributed by atoms with Gasteiger partial charge in [-0.25, -0.2) is 0 Å². The third kappa shape index (κ3) is 3.45. The Kier molecular flexibility index (Phi) is 6.07. The van der Waals surface area contributed by atoms with Crippen molar-refractivity contribution in [1.29, 1.82) is 0 Å². The standard InChI is InChI=1S/C26H45NO3/c1-16(6-11-24(30)27(4)5)20-9-10-21-19-8-7-17-14-18(28)12-13-25(17,2)22(19)15-23(29)26(20,21)3/h16-23,28-29H,6-15H2,1-5H3/t16-,17-,18-,19+,20-,21+,22+,23+,25+,26-/m1/s1. The zero-order chi connectivity index (χ0) is 21.8. The van der Waals surface area contributed by atoms with Gasteiger partial charge in [0.25, 0.3) is 0 Å². The van der Waals surface area contributed by atoms with Crippen LogP contribution in [-0.2, 0) is 4.79 Å². The highest BCUT2D eigenvalue weighted by atomic mass is 16.3. The number of hydrogen-bond acceptors (Lipinski definition) is 3. The second-order valence-electron chi connectivity index (χ2n) is 12.2. The number of rotatable bonds is 4. The van der Waals surface area contributed by atoms with Crippen molar-refractivity contribution in [2.24, 2.45) is 46.3 Å². The number of carbonyl (C=O) groups excluding carboxylic acids is 1. The Morgan fingerprint density at radius 3 is 2.47 bits per heavy atom. The first-order valence-electron chi connectivity index (χ1n) is 12.6. The molecule has 0 spiro atoms. The molecule has 2 N–H and O–H groups in total. The lowest BCUT2D eigenvalue weighted by molar-refractivity contribution is -0.175. The van der Waals surface area contributed by atoms with Gasteiger partial charge in [-0.1, -0.05) is 20.8 Å². The third-order valence-corrected chi connectivity index (χ3v) is 10.8. The molecule has 0 radical (unpaired) electrons. The molecule has 4 fully saturated rings. The topological polar surface area (TPSA) is 60.8 Å². The van der Waals surface area contributed by atoms with Gasteiger partial charge < -0.3 is 15.1 Å². The second-order valence-corrected chi connectivity index (χ2v) is 12.2. The van der Waals surface area contributed by atoms with Crippen LogP contribution in [0, 0.1) is 46.3 Å². The summed E-state index contributed by atoms with van der Waals surface area (Å²) < 4.78 is 0. The molecule has 4 heteroatoms. The molecule has 1 amide bonds. The van der Waals surface area contributed by atoms with Crippen LogP contribution in [0.5, 0.6) is 0 Å². The minimum Gasteiger partial charge on any atom is -0.393 e. The summed E-state index contributed by atoms with van der Waals surface area (Å²) in [6.07, 6.45) is 10.2. The van der Waals surface area contributed by atoms with E-state index in [0.29, 0.717) is 41.4 Å². The summed E-state index contributed by atoms with van der Waals surface area (Å²) in [4.78, 5) is 13.8. The van der Waals surface area contributed by atoms with Crippen molar-refractivity contribution in [2.45, 2.75) is 97.2 Å². The van der Waals surface area contributed by atoms with Gasteiger partial charge in [-0.15, -0.1) is 0 Å². The Morgan fingerprint density at radius 1 is 1.03 bits per heavy atom. The van der Waals surface area contributed by atoms with E-state index in [0.717, 1.165) is 38.0 Å². The zero-order valence-corrected chi connectivity index (χ0v) is 19.9. The highest BCUT2D eigenvalue weighted by Crippen LogP contribution is 2.68. The first-order chi connectivity index (χ1) is 14.1. The van der Waals surface area contributed by atoms with Crippen LogP contribution < -0.4 is 0 Å². The Balaban J connectivity index is 1.52. The molecular formula is C26H45NO3. The lowest BCUT2D eigenvalue weighted by atomic mass is 9.43. The highest BCUT2D eigenvalue weighted by Gasteiger charge is 2.63. The fraction of sp³-hybridized carbons (Fsp3) is 0.962. The molecule has 4 aliphatic rings. The molecule has 0 aromatic rings. The molecule has 172 valence electrons. The molecule has 0 heterocycles. The lowest BCUT2D eigenvalue weighted by Gasteiger charge is -2.62. The Labute approximate surface area is 183 Å². The zero-order valence-electron chi connectivity index (χ0n) is 19.9. The molecular weight excluding hydrogens is 374 g/mol. The molecule has 10 atom stereocenters. The molecule has 4 rings (SSSR count). The van der Waals surface area contributed by atoms with E-state index >= 15 is 0 Å². The number of amides is 1. The van der Waals surface area contributed by atoms with Crippen molar-refractivity contribution in [1.82, 2.24) is 4.90 Å². The first-order valence-corrected chi connectivity index (χ1v) is 12.6. The predicted octanol–water partition coefficient (Wildman–Crippen LogP) is 4.48. The Hall–Kier alpha value is -0.610. The highest BCUT2D eigenvalue weighted by molar-refractivity contribution is 5.75. The third-order valence-electron chi connectivity index (χ3n) is 10.8. The van der Waals surface area contributed by atoms with E-state index in [1.54, 1.807) is 4.90 Å². The van der Waals surface area contributed by atoms with Crippen LogP contribution in [0.2, 0.25) is 0 Å². The van der Waals surface area contributed by atoms with Crippen molar-refractivity contribution < 1.29 is 15.0 Å². The van der Waals surface area contributed by atoms with Gasteiger partial charge in [0.2, 0.25) is 5.91 Å². The van der Waals surface area contributed by atoms with Gasteiger partial charge in [0, 0.05) is 20.5 Å². The van der Waals surface area contributed by atoms with Gasteiger partial charge in [0.15, 0.2) is 0 Å². The molecule has 4 aliphatic carbocycles. The molecule has 0 aliphatic heterocycles. The first kappa shape index (κ1) is 22.6. The van der Waals surface area contributed by atoms with E-state index in [4.69, 9.17) is 0 Å². The maximum absolute atomic E-state index is 12.1. The molecule has 0 aromatic heterocycles. The number of aliphatic hydroxyl groups excluding tert-OH is 2. The van der Waals surface area contributed by atoms with Crippen LogP contribution in [0.25, 0.3) is 0 Å². The van der Waals surface area contributed by atoms with Gasteiger partial charge in [0.1, 0.15) is 0 Å². The van der Waals surface area contributed by atoms with E-state index in [9.17, 15) is 15.0 Å². The van der Waals surface area contributed by atoms with Crippen molar-refractivity contribution >= 4 is 5.91 Å². The van der Waals surface area contributed by atoms with Crippen LogP contribution >= 0.6 is 0 Å². The maximum atomic E-state index is 12.1. The summed E-state index contributed by atoms with van der Waals surface area (Å²) >= 11 is 0. The molecule has 30 heavy (non-hydrogen) atoms. The van der Waals surface area contributed by atoms with Crippen molar-refractivity contribution in [2.75, 3.05) is 14.1 Å². The monoisotopic (exact) mass is 419 g/mol. The second kappa shape index (κ2) is 8.06. The van der Waals surface area contributed by atoms with Gasteiger partial charge in [-0.05, 0) is 104 Å². The van der Waals surface area contributed by atoms with Crippen molar-refractivity contribution in [3.63, 3.8) is 0 Å². The van der Waals surface area contributed by atoms with E-state index in [-0.39, 0.29) is 23.5 Å². The molecule has 0 aromatic carbocycles. The van der Waals surface area contributed by atoms with E-state index in [1.165, 1.54) is 25.7 Å². The van der Waals surface area contributed by atoms with E-state index < -0.39 is 0 Å². The molecule has 4 nitrogen and oxygen atoms in total. The molecule has 4 saturated carbocycles. The summed E-state index contributed by atoms with van der Waals surface area (Å²) in [5, 5.41) is 21.8. The minimum atomic E-state index is -0.231. The van der Waals surface area contributed by atoms with Crippen molar-refractivity contribution in [3.05, 3.63) is 0 Å². The fourth-order valence-electron chi connectivity index (χ4n) is 8.94. The summed E-state index contributed by atoms with van der Waals surface area (Å²) in [6, 6.07) is 0. The summed E-state index contributed by atoms with van der Waals surface area (Å²) in [5.41, 5.74) is 0.297. The van der Waals surface area contributed by atoms with Gasteiger partial charge in [-0.2, -0.15) is 0 Å². The number of fused-ring (bicyclic) bond motifs is 5. The van der Waals surface area contributed by atoms with Crippen LogP contribution in [0.15, 0.2) is 0 Å². The number of aliphatic hydroxyl groups is 2. The smallest absolute Gasteiger partial charge is 0.222 e. The Morgan fingerprint density at radius 2 is 1.77 bits per heavy atom. The molecule has 0 unspecified atom stereocenters.